The average molecular weight is 346 g/mol. The van der Waals surface area contributed by atoms with Gasteiger partial charge in [-0.25, -0.2) is 14.6 Å². The molecule has 8 nitrogen and oxygen atoms in total. The molecule has 138 valence electrons. The molecule has 0 saturated carbocycles. The molecular weight excluding hydrogens is 320 g/mol. The third kappa shape index (κ3) is 10.1. The highest BCUT2D eigenvalue weighted by Crippen LogP contribution is 2.19. The third-order valence-corrected chi connectivity index (χ3v) is 2.84. The lowest BCUT2D eigenvalue weighted by molar-refractivity contribution is -0.310. The molecule has 0 aromatic carbocycles. The van der Waals surface area contributed by atoms with Crippen molar-refractivity contribution in [2.75, 3.05) is 46.2 Å². The summed E-state index contributed by atoms with van der Waals surface area (Å²) in [6.07, 6.45) is 2.77. The lowest BCUT2D eigenvalue weighted by Crippen LogP contribution is -2.41. The Balaban J connectivity index is 4.45. The molecule has 0 aromatic heterocycles. The van der Waals surface area contributed by atoms with Gasteiger partial charge in [-0.2, -0.15) is 0 Å². The Hall–Kier alpha value is -1.74. The first-order valence-electron chi connectivity index (χ1n) is 7.52. The Bertz CT molecular complexity index is 396. The molecule has 0 aliphatic carbocycles. The zero-order valence-corrected chi connectivity index (χ0v) is 14.0. The molecule has 1 N–H and O–H groups in total. The van der Waals surface area contributed by atoms with E-state index in [4.69, 9.17) is 24.0 Å². The highest BCUT2D eigenvalue weighted by Gasteiger charge is 2.33. The van der Waals surface area contributed by atoms with Crippen LogP contribution in [0.4, 0.5) is 0 Å². The molecule has 1 unspecified atom stereocenters. The van der Waals surface area contributed by atoms with E-state index in [1.54, 1.807) is 6.92 Å². The van der Waals surface area contributed by atoms with E-state index >= 15 is 0 Å². The van der Waals surface area contributed by atoms with Crippen molar-refractivity contribution < 1.29 is 38.7 Å². The summed E-state index contributed by atoms with van der Waals surface area (Å²) in [6, 6.07) is 0. The molecule has 1 atom stereocenters. The van der Waals surface area contributed by atoms with Crippen LogP contribution in [-0.2, 0) is 33.6 Å². The molecule has 0 heterocycles. The van der Waals surface area contributed by atoms with Crippen molar-refractivity contribution in [1.82, 2.24) is 0 Å². The van der Waals surface area contributed by atoms with Crippen molar-refractivity contribution in [2.45, 2.75) is 13.3 Å². The fraction of sp³-hybridized carbons (Fsp3) is 0.625. The molecule has 0 spiro atoms. The SMILES string of the molecule is C=CCOOCC(CO)(COCCOC(=O)C=C)COC(=O)CC. The number of carbonyl (C=O) groups excluding carboxylic acids is 2. The van der Waals surface area contributed by atoms with E-state index in [2.05, 4.69) is 13.2 Å². The maximum atomic E-state index is 11.3. The predicted molar refractivity (Wildman–Crippen MR) is 84.8 cm³/mol. The van der Waals surface area contributed by atoms with E-state index in [1.807, 2.05) is 0 Å². The van der Waals surface area contributed by atoms with Crippen molar-refractivity contribution in [3.8, 4) is 0 Å². The number of carbonyl (C=O) groups is 2. The zero-order chi connectivity index (χ0) is 18.3. The summed E-state index contributed by atoms with van der Waals surface area (Å²) in [5.74, 6) is -0.954. The highest BCUT2D eigenvalue weighted by atomic mass is 17.2. The third-order valence-electron chi connectivity index (χ3n) is 2.84. The van der Waals surface area contributed by atoms with Crippen LogP contribution in [0.3, 0.4) is 0 Å². The molecule has 0 saturated heterocycles. The molecule has 0 aliphatic heterocycles. The number of esters is 2. The van der Waals surface area contributed by atoms with Gasteiger partial charge in [0.1, 0.15) is 19.8 Å². The minimum atomic E-state index is -0.992. The highest BCUT2D eigenvalue weighted by molar-refractivity contribution is 5.81. The summed E-state index contributed by atoms with van der Waals surface area (Å²) < 4.78 is 15.2. The maximum Gasteiger partial charge on any atom is 0.330 e. The standard InChI is InChI=1S/C16H26O8/c1-4-7-23-24-13-16(10-17,12-22-15(19)6-3)11-20-8-9-21-14(18)5-2/h4-5,17H,1-2,6-13H2,3H3. The van der Waals surface area contributed by atoms with Crippen LogP contribution in [-0.4, -0.2) is 63.3 Å². The molecule has 0 amide bonds. The van der Waals surface area contributed by atoms with Gasteiger partial charge >= 0.3 is 11.9 Å². The van der Waals surface area contributed by atoms with Gasteiger partial charge in [-0.1, -0.05) is 19.6 Å². The monoisotopic (exact) mass is 346 g/mol. The Morgan fingerprint density at radius 1 is 1.08 bits per heavy atom. The summed E-state index contributed by atoms with van der Waals surface area (Å²) in [5.41, 5.74) is -0.992. The lowest BCUT2D eigenvalue weighted by atomic mass is 9.92. The van der Waals surface area contributed by atoms with E-state index in [1.165, 1.54) is 6.08 Å². The maximum absolute atomic E-state index is 11.3. The van der Waals surface area contributed by atoms with Gasteiger partial charge in [-0.3, -0.25) is 4.79 Å². The zero-order valence-electron chi connectivity index (χ0n) is 14.0. The largest absolute Gasteiger partial charge is 0.465 e. The Labute approximate surface area is 141 Å². The first-order chi connectivity index (χ1) is 11.5. The van der Waals surface area contributed by atoms with Crippen LogP contribution >= 0.6 is 0 Å². The van der Waals surface area contributed by atoms with Gasteiger partial charge in [-0.15, -0.1) is 6.58 Å². The first kappa shape index (κ1) is 22.3. The predicted octanol–water partition coefficient (Wildman–Crippen LogP) is 0.798. The topological polar surface area (TPSA) is 101 Å². The molecule has 0 rings (SSSR count). The van der Waals surface area contributed by atoms with E-state index in [9.17, 15) is 14.7 Å². The molecule has 24 heavy (non-hydrogen) atoms. The van der Waals surface area contributed by atoms with Crippen LogP contribution in [0.25, 0.3) is 0 Å². The summed E-state index contributed by atoms with van der Waals surface area (Å²) in [7, 11) is 0. The second-order valence-corrected chi connectivity index (χ2v) is 4.93. The van der Waals surface area contributed by atoms with Crippen molar-refractivity contribution in [1.29, 1.82) is 0 Å². The van der Waals surface area contributed by atoms with Gasteiger partial charge in [0.2, 0.25) is 0 Å². The fourth-order valence-electron chi connectivity index (χ4n) is 1.41. The van der Waals surface area contributed by atoms with Crippen LogP contribution in [0, 0.1) is 5.41 Å². The number of hydrogen-bond donors (Lipinski definition) is 1. The van der Waals surface area contributed by atoms with E-state index in [-0.39, 0.29) is 52.7 Å². The second kappa shape index (κ2) is 13.7. The summed E-state index contributed by atoms with van der Waals surface area (Å²) in [5, 5.41) is 9.68. The smallest absolute Gasteiger partial charge is 0.330 e. The minimum absolute atomic E-state index is 0.0174. The molecule has 0 fully saturated rings. The van der Waals surface area contributed by atoms with Crippen LogP contribution in [0.5, 0.6) is 0 Å². The van der Waals surface area contributed by atoms with Gasteiger partial charge in [0.25, 0.3) is 0 Å². The Morgan fingerprint density at radius 3 is 2.42 bits per heavy atom. The molecular formula is C16H26O8. The number of aliphatic hydroxyl groups is 1. The number of hydrogen-bond acceptors (Lipinski definition) is 8. The quantitative estimate of drug-likeness (QED) is 0.116. The Kier molecular flexibility index (Phi) is 12.7. The summed E-state index contributed by atoms with van der Waals surface area (Å²) in [4.78, 5) is 32.1. The van der Waals surface area contributed by atoms with Gasteiger partial charge in [-0.05, 0) is 0 Å². The molecule has 8 heteroatoms. The Morgan fingerprint density at radius 2 is 1.83 bits per heavy atom. The second-order valence-electron chi connectivity index (χ2n) is 4.93. The minimum Gasteiger partial charge on any atom is -0.465 e. The van der Waals surface area contributed by atoms with Crippen LogP contribution < -0.4 is 0 Å². The normalized spacial score (nSPS) is 12.9. The molecule has 0 aromatic rings. The van der Waals surface area contributed by atoms with Crippen LogP contribution in [0.1, 0.15) is 13.3 Å². The van der Waals surface area contributed by atoms with Gasteiger partial charge in [0, 0.05) is 12.5 Å². The van der Waals surface area contributed by atoms with Crippen molar-refractivity contribution in [3.63, 3.8) is 0 Å². The van der Waals surface area contributed by atoms with Gasteiger partial charge in [0.05, 0.1) is 31.8 Å². The molecule has 0 radical (unpaired) electrons. The van der Waals surface area contributed by atoms with Crippen LogP contribution in [0.2, 0.25) is 0 Å². The lowest BCUT2D eigenvalue weighted by Gasteiger charge is -2.30. The first-order valence-corrected chi connectivity index (χ1v) is 7.52. The number of ether oxygens (including phenoxy) is 3. The molecule has 0 aliphatic rings. The molecule has 0 bridgehead atoms. The van der Waals surface area contributed by atoms with E-state index in [0.717, 1.165) is 6.08 Å². The van der Waals surface area contributed by atoms with Gasteiger partial charge < -0.3 is 19.3 Å². The average Bonchev–Trinajstić information content (AvgIpc) is 2.61. The fourth-order valence-corrected chi connectivity index (χ4v) is 1.41. The van der Waals surface area contributed by atoms with E-state index in [0.29, 0.717) is 0 Å². The summed E-state index contributed by atoms with van der Waals surface area (Å²) >= 11 is 0. The van der Waals surface area contributed by atoms with Crippen molar-refractivity contribution in [2.24, 2.45) is 5.41 Å². The van der Waals surface area contributed by atoms with E-state index < -0.39 is 17.4 Å². The van der Waals surface area contributed by atoms with Crippen molar-refractivity contribution in [3.05, 3.63) is 25.3 Å². The van der Waals surface area contributed by atoms with Gasteiger partial charge in [0.15, 0.2) is 0 Å². The summed E-state index contributed by atoms with van der Waals surface area (Å²) in [6.45, 7) is 8.25. The number of rotatable bonds is 15. The van der Waals surface area contributed by atoms with Crippen molar-refractivity contribution >= 4 is 11.9 Å². The number of aliphatic hydroxyl groups excluding tert-OH is 1. The van der Waals surface area contributed by atoms with Crippen LogP contribution in [0.15, 0.2) is 25.3 Å².